The van der Waals surface area contributed by atoms with Crippen LogP contribution in [0.4, 0.5) is 0 Å². The van der Waals surface area contributed by atoms with E-state index in [0.29, 0.717) is 46.6 Å². The van der Waals surface area contributed by atoms with Gasteiger partial charge < -0.3 is 44.5 Å². The predicted molar refractivity (Wildman–Crippen MR) is 232 cm³/mol. The fourth-order valence-electron chi connectivity index (χ4n) is 7.88. The molecular weight excluding hydrogens is 761 g/mol. The Kier molecular flexibility index (Phi) is 11.3. The Morgan fingerprint density at radius 3 is 1.85 bits per heavy atom. The van der Waals surface area contributed by atoms with Crippen molar-refractivity contribution < 1.29 is 49.3 Å². The van der Waals surface area contributed by atoms with Gasteiger partial charge in [-0.15, -0.1) is 0 Å². The molecular formula is C50H52O10. The minimum atomic E-state index is -0.673. The van der Waals surface area contributed by atoms with Gasteiger partial charge in [0.1, 0.15) is 51.9 Å². The zero-order valence-corrected chi connectivity index (χ0v) is 35.3. The molecule has 0 aliphatic carbocycles. The van der Waals surface area contributed by atoms with Crippen molar-refractivity contribution in [3.05, 3.63) is 128 Å². The van der Waals surface area contributed by atoms with Crippen molar-refractivity contribution in [2.75, 3.05) is 6.61 Å². The van der Waals surface area contributed by atoms with Crippen LogP contribution in [0.1, 0.15) is 117 Å². The van der Waals surface area contributed by atoms with E-state index in [1.165, 1.54) is 12.1 Å². The van der Waals surface area contributed by atoms with E-state index >= 15 is 4.79 Å². The third-order valence-corrected chi connectivity index (χ3v) is 11.2. The van der Waals surface area contributed by atoms with Gasteiger partial charge in [0.15, 0.2) is 11.5 Å². The number of phenolic OH excluding ortho intramolecular Hbond substituents is 6. The number of hydrogen-bond donors (Lipinski definition) is 6. The summed E-state index contributed by atoms with van der Waals surface area (Å²) in [6.07, 6.45) is 8.41. The van der Waals surface area contributed by atoms with Crippen molar-refractivity contribution in [3.63, 3.8) is 0 Å². The average molecular weight is 813 g/mol. The topological polar surface area (TPSA) is 170 Å². The van der Waals surface area contributed by atoms with E-state index in [1.54, 1.807) is 18.2 Å². The summed E-state index contributed by atoms with van der Waals surface area (Å²) in [6, 6.07) is 9.11. The fraction of sp³-hybridized carbons (Fsp3) is 0.300. The molecule has 60 heavy (non-hydrogen) atoms. The van der Waals surface area contributed by atoms with Crippen LogP contribution in [0.15, 0.2) is 87.4 Å². The number of phenols is 6. The van der Waals surface area contributed by atoms with Crippen LogP contribution in [0, 0.1) is 0 Å². The number of ketones is 1. The molecule has 7 rings (SSSR count). The first-order valence-corrected chi connectivity index (χ1v) is 20.1. The number of furan rings is 1. The highest BCUT2D eigenvalue weighted by Crippen LogP contribution is 2.56. The number of hydrogen-bond acceptors (Lipinski definition) is 10. The van der Waals surface area contributed by atoms with E-state index in [9.17, 15) is 30.6 Å². The second-order valence-electron chi connectivity index (χ2n) is 16.8. The monoisotopic (exact) mass is 812 g/mol. The maximum atomic E-state index is 15.4. The maximum Gasteiger partial charge on any atom is 0.201 e. The summed E-state index contributed by atoms with van der Waals surface area (Å²) in [5.41, 5.74) is 7.28. The van der Waals surface area contributed by atoms with Gasteiger partial charge in [0.25, 0.3) is 0 Å². The van der Waals surface area contributed by atoms with Crippen molar-refractivity contribution in [1.82, 2.24) is 0 Å². The van der Waals surface area contributed by atoms with Gasteiger partial charge in [-0.25, -0.2) is 0 Å². The SMILES string of the molecule is CC(C)=CCc1cc(-c2oc3c(CC=C(C)C)c(O)c(O)cc3c2C(=O)c2cc3c(c(CC=C(C)C)c2O)O[C@H]2c4cc(CC=C(C)C)c(O)cc4OC[C@@H]32)c(O)cc1O. The molecule has 10 nitrogen and oxygen atoms in total. The summed E-state index contributed by atoms with van der Waals surface area (Å²) in [7, 11) is 0. The van der Waals surface area contributed by atoms with Crippen molar-refractivity contribution in [1.29, 1.82) is 0 Å². The largest absolute Gasteiger partial charge is 0.508 e. The van der Waals surface area contributed by atoms with Gasteiger partial charge in [0.05, 0.1) is 29.2 Å². The lowest BCUT2D eigenvalue weighted by atomic mass is 9.85. The molecule has 6 N–H and O–H groups in total. The highest BCUT2D eigenvalue weighted by Gasteiger charge is 2.44. The van der Waals surface area contributed by atoms with E-state index in [2.05, 4.69) is 0 Å². The predicted octanol–water partition coefficient (Wildman–Crippen LogP) is 11.2. The first-order chi connectivity index (χ1) is 28.4. The van der Waals surface area contributed by atoms with E-state index < -0.39 is 23.4 Å². The Bertz CT molecular complexity index is 2690. The second-order valence-corrected chi connectivity index (χ2v) is 16.8. The standard InChI is InChI=1S/C50H52O10/c1-24(2)9-13-28-17-33(40(53)21-38(28)51)50-43(35-20-41(54)45(56)31(48(35)60-50)16-12-27(7)8)46(57)36-19-32-37-23-58-42-22-39(52)29(14-10-25(3)4)18-34(42)49(37)59-47(32)30(44(36)55)15-11-26(5)6/h9-12,17-22,37,49,51-56H,13-16,23H2,1-8H3/t37-,49-/m0/s1. The van der Waals surface area contributed by atoms with Crippen LogP contribution < -0.4 is 9.47 Å². The second kappa shape index (κ2) is 16.2. The Morgan fingerprint density at radius 1 is 0.633 bits per heavy atom. The number of carbonyl (C=O) groups excluding carboxylic acids is 1. The lowest BCUT2D eigenvalue weighted by Gasteiger charge is -2.28. The lowest BCUT2D eigenvalue weighted by Crippen LogP contribution is -2.23. The summed E-state index contributed by atoms with van der Waals surface area (Å²) in [5.74, 6) is -1.81. The molecule has 0 spiro atoms. The smallest absolute Gasteiger partial charge is 0.201 e. The van der Waals surface area contributed by atoms with Crippen molar-refractivity contribution in [2.24, 2.45) is 0 Å². The summed E-state index contributed by atoms with van der Waals surface area (Å²) in [4.78, 5) is 15.4. The van der Waals surface area contributed by atoms with Crippen molar-refractivity contribution >= 4 is 16.8 Å². The molecule has 0 fully saturated rings. The third kappa shape index (κ3) is 7.70. The van der Waals surface area contributed by atoms with Crippen molar-refractivity contribution in [2.45, 2.75) is 93.1 Å². The van der Waals surface area contributed by atoms with Crippen LogP contribution in [0.3, 0.4) is 0 Å². The van der Waals surface area contributed by atoms with Crippen molar-refractivity contribution in [3.8, 4) is 57.3 Å². The molecule has 3 heterocycles. The molecule has 10 heteroatoms. The summed E-state index contributed by atoms with van der Waals surface area (Å²) < 4.78 is 19.5. The molecule has 4 aromatic carbocycles. The van der Waals surface area contributed by atoms with E-state index in [0.717, 1.165) is 27.9 Å². The molecule has 0 amide bonds. The zero-order valence-electron chi connectivity index (χ0n) is 35.3. The Morgan fingerprint density at radius 2 is 1.22 bits per heavy atom. The third-order valence-electron chi connectivity index (χ3n) is 11.2. The number of allylic oxidation sites excluding steroid dienone is 8. The van der Waals surface area contributed by atoms with Gasteiger partial charge in [-0.1, -0.05) is 46.6 Å². The number of carbonyl (C=O) groups is 1. The van der Waals surface area contributed by atoms with Gasteiger partial charge in [-0.2, -0.15) is 0 Å². The molecule has 2 aliphatic heterocycles. The molecule has 312 valence electrons. The lowest BCUT2D eigenvalue weighted by molar-refractivity contribution is 0.103. The van der Waals surface area contributed by atoms with Gasteiger partial charge in [-0.3, -0.25) is 4.79 Å². The van der Waals surface area contributed by atoms with Gasteiger partial charge >= 0.3 is 0 Å². The fourth-order valence-corrected chi connectivity index (χ4v) is 7.88. The highest BCUT2D eigenvalue weighted by molar-refractivity contribution is 6.21. The number of aromatic hydroxyl groups is 6. The highest BCUT2D eigenvalue weighted by atomic mass is 16.5. The van der Waals surface area contributed by atoms with Gasteiger partial charge in [0, 0.05) is 39.8 Å². The van der Waals surface area contributed by atoms with E-state index in [1.807, 2.05) is 85.8 Å². The zero-order chi connectivity index (χ0) is 43.3. The summed E-state index contributed by atoms with van der Waals surface area (Å²) in [6.45, 7) is 15.7. The minimum Gasteiger partial charge on any atom is -0.508 e. The molecule has 0 saturated heterocycles. The maximum absolute atomic E-state index is 15.4. The number of rotatable bonds is 11. The first-order valence-electron chi connectivity index (χ1n) is 20.1. The van der Waals surface area contributed by atoms with E-state index in [-0.39, 0.29) is 87.3 Å². The van der Waals surface area contributed by atoms with Crippen LogP contribution in [0.5, 0.6) is 46.0 Å². The van der Waals surface area contributed by atoms with Crippen LogP contribution >= 0.6 is 0 Å². The normalized spacial score (nSPS) is 14.9. The molecule has 1 aromatic heterocycles. The first kappa shape index (κ1) is 41.6. The molecule has 0 saturated carbocycles. The molecule has 2 atom stereocenters. The number of ether oxygens (including phenoxy) is 2. The van der Waals surface area contributed by atoms with Crippen LogP contribution in [-0.4, -0.2) is 43.0 Å². The Labute approximate surface area is 349 Å². The molecule has 0 radical (unpaired) electrons. The van der Waals surface area contributed by atoms with Crippen LogP contribution in [0.2, 0.25) is 0 Å². The Hall–Kier alpha value is -6.55. The van der Waals surface area contributed by atoms with Gasteiger partial charge in [0.2, 0.25) is 5.78 Å². The molecule has 5 aromatic rings. The molecule has 2 aliphatic rings. The van der Waals surface area contributed by atoms with E-state index in [4.69, 9.17) is 13.9 Å². The summed E-state index contributed by atoms with van der Waals surface area (Å²) >= 11 is 0. The van der Waals surface area contributed by atoms with Crippen LogP contribution in [-0.2, 0) is 25.7 Å². The average Bonchev–Trinajstić information content (AvgIpc) is 3.74. The minimum absolute atomic E-state index is 0.0682. The van der Waals surface area contributed by atoms with Crippen LogP contribution in [0.25, 0.3) is 22.3 Å². The molecule has 0 unspecified atom stereocenters. The summed E-state index contributed by atoms with van der Waals surface area (Å²) in [5, 5.41) is 67.8. The quantitative estimate of drug-likeness (QED) is 0.0428. The Balaban J connectivity index is 1.46. The number of fused-ring (bicyclic) bond motifs is 6. The number of benzene rings is 4. The van der Waals surface area contributed by atoms with Gasteiger partial charge in [-0.05, 0) is 116 Å². The molecule has 0 bridgehead atoms.